The molecule has 0 atom stereocenters. The number of fused-ring (bicyclic) bond motifs is 11. The normalized spacial score (nSPS) is 13.0. The Morgan fingerprint density at radius 3 is 1.49 bits per heavy atom. The van der Waals surface area contributed by atoms with Gasteiger partial charge in [-0.1, -0.05) is 129 Å². The SMILES string of the molecule is [C-]#[N+]c1ccc(C#N)cc1-c1c2ccccc2c(-c2cc(C#N)ccc2[N+]#[C-])c2cc3c(cc12)-c1ccc2c4cccc5c6c(cc(c7ccc-3c1c27)c54)C(C)(C)c1ccccc1-6. The van der Waals surface area contributed by atoms with E-state index < -0.39 is 0 Å². The summed E-state index contributed by atoms with van der Waals surface area (Å²) in [5.41, 5.74) is 14.6. The lowest BCUT2D eigenvalue weighted by atomic mass is 9.80. The van der Waals surface area contributed by atoms with Gasteiger partial charge in [-0.2, -0.15) is 10.5 Å². The zero-order valence-corrected chi connectivity index (χ0v) is 34.1. The fourth-order valence-electron chi connectivity index (χ4n) is 11.5. The van der Waals surface area contributed by atoms with Crippen molar-refractivity contribution in [3.8, 4) is 67.8 Å². The first kappa shape index (κ1) is 35.0. The Labute approximate surface area is 362 Å². The Balaban J connectivity index is 1.19. The molecular weight excluding hydrogens is 765 g/mol. The molecule has 2 aliphatic rings. The third-order valence-corrected chi connectivity index (χ3v) is 14.2. The van der Waals surface area contributed by atoms with Crippen molar-refractivity contribution in [1.82, 2.24) is 0 Å². The van der Waals surface area contributed by atoms with E-state index >= 15 is 0 Å². The second-order valence-electron chi connectivity index (χ2n) is 17.5. The Morgan fingerprint density at radius 1 is 0.381 bits per heavy atom. The molecule has 0 aliphatic heterocycles. The molecule has 0 bridgehead atoms. The molecule has 2 aliphatic carbocycles. The average Bonchev–Trinajstić information content (AvgIpc) is 3.77. The first-order chi connectivity index (χ1) is 30.8. The van der Waals surface area contributed by atoms with Crippen LogP contribution in [0, 0.1) is 35.8 Å². The summed E-state index contributed by atoms with van der Waals surface area (Å²) >= 11 is 0. The van der Waals surface area contributed by atoms with Crippen molar-refractivity contribution in [2.75, 3.05) is 0 Å². The minimum Gasteiger partial charge on any atom is -0.238 e. The van der Waals surface area contributed by atoms with Crippen LogP contribution in [0.4, 0.5) is 11.4 Å². The van der Waals surface area contributed by atoms with Gasteiger partial charge in [0.15, 0.2) is 11.4 Å². The van der Waals surface area contributed by atoms with Crippen molar-refractivity contribution < 1.29 is 0 Å². The Kier molecular flexibility index (Phi) is 6.75. The summed E-state index contributed by atoms with van der Waals surface area (Å²) in [6.07, 6.45) is 0. The van der Waals surface area contributed by atoms with Gasteiger partial charge in [-0.25, -0.2) is 9.69 Å². The average molecular weight is 795 g/mol. The number of nitriles is 2. The van der Waals surface area contributed by atoms with Crippen molar-refractivity contribution in [1.29, 1.82) is 10.5 Å². The summed E-state index contributed by atoms with van der Waals surface area (Å²) in [5, 5.41) is 33.9. The molecule has 0 saturated heterocycles. The van der Waals surface area contributed by atoms with Crippen LogP contribution in [-0.2, 0) is 5.41 Å². The first-order valence-electron chi connectivity index (χ1n) is 21.0. The van der Waals surface area contributed by atoms with Crippen LogP contribution in [-0.4, -0.2) is 0 Å². The highest BCUT2D eigenvalue weighted by atomic mass is 14.7. The molecule has 4 nitrogen and oxygen atoms in total. The van der Waals surface area contributed by atoms with Crippen LogP contribution in [0.5, 0.6) is 0 Å². The maximum absolute atomic E-state index is 10.1. The van der Waals surface area contributed by atoms with Crippen molar-refractivity contribution in [2.45, 2.75) is 19.3 Å². The molecule has 0 saturated carbocycles. The topological polar surface area (TPSA) is 56.3 Å². The molecule has 11 aromatic rings. The van der Waals surface area contributed by atoms with E-state index in [9.17, 15) is 10.5 Å². The zero-order valence-electron chi connectivity index (χ0n) is 34.1. The van der Waals surface area contributed by atoms with Crippen LogP contribution in [0.2, 0.25) is 0 Å². The van der Waals surface area contributed by atoms with Crippen molar-refractivity contribution in [3.63, 3.8) is 0 Å². The first-order valence-corrected chi connectivity index (χ1v) is 21.0. The molecule has 11 aromatic carbocycles. The van der Waals surface area contributed by atoms with E-state index in [2.05, 4.69) is 133 Å². The summed E-state index contributed by atoms with van der Waals surface area (Å²) in [4.78, 5) is 7.96. The quantitative estimate of drug-likeness (QED) is 0.0994. The van der Waals surface area contributed by atoms with Gasteiger partial charge in [0.1, 0.15) is 0 Å². The molecule has 286 valence electrons. The van der Waals surface area contributed by atoms with Crippen LogP contribution < -0.4 is 0 Å². The van der Waals surface area contributed by atoms with E-state index in [-0.39, 0.29) is 5.41 Å². The van der Waals surface area contributed by atoms with E-state index in [1.807, 2.05) is 24.3 Å². The van der Waals surface area contributed by atoms with Gasteiger partial charge in [-0.05, 0) is 162 Å². The lowest BCUT2D eigenvalue weighted by Gasteiger charge is -2.23. The van der Waals surface area contributed by atoms with Gasteiger partial charge >= 0.3 is 0 Å². The maximum atomic E-state index is 10.1. The fourth-order valence-corrected chi connectivity index (χ4v) is 11.5. The van der Waals surface area contributed by atoms with Crippen LogP contribution in [0.1, 0.15) is 36.1 Å². The van der Waals surface area contributed by atoms with Crippen molar-refractivity contribution >= 4 is 76.0 Å². The Bertz CT molecular complexity index is 4010. The smallest absolute Gasteiger partial charge is 0.195 e. The van der Waals surface area contributed by atoms with Crippen LogP contribution in [0.3, 0.4) is 0 Å². The lowest BCUT2D eigenvalue weighted by Crippen LogP contribution is -2.14. The zero-order chi connectivity index (χ0) is 42.5. The number of hydrogen-bond acceptors (Lipinski definition) is 2. The third kappa shape index (κ3) is 4.34. The van der Waals surface area contributed by atoms with E-state index in [0.29, 0.717) is 33.6 Å². The van der Waals surface area contributed by atoms with E-state index in [4.69, 9.17) is 13.1 Å². The molecule has 0 radical (unpaired) electrons. The maximum Gasteiger partial charge on any atom is 0.195 e. The number of benzene rings is 11. The number of nitrogens with zero attached hydrogens (tertiary/aromatic N) is 4. The predicted octanol–water partition coefficient (Wildman–Crippen LogP) is 16.2. The van der Waals surface area contributed by atoms with E-state index in [1.165, 1.54) is 65.3 Å². The number of rotatable bonds is 2. The Morgan fingerprint density at radius 2 is 0.905 bits per heavy atom. The highest BCUT2D eigenvalue weighted by Gasteiger charge is 2.37. The largest absolute Gasteiger partial charge is 0.238 e. The molecule has 0 unspecified atom stereocenters. The number of hydrogen-bond donors (Lipinski definition) is 0. The summed E-state index contributed by atoms with van der Waals surface area (Å²) < 4.78 is 0. The minimum atomic E-state index is -0.156. The van der Waals surface area contributed by atoms with Crippen molar-refractivity contribution in [3.05, 3.63) is 191 Å². The van der Waals surface area contributed by atoms with E-state index in [1.54, 1.807) is 24.3 Å². The van der Waals surface area contributed by atoms with E-state index in [0.717, 1.165) is 54.9 Å². The van der Waals surface area contributed by atoms with Gasteiger partial charge < -0.3 is 0 Å². The molecular formula is C59H30N4. The van der Waals surface area contributed by atoms with Crippen LogP contribution in [0.25, 0.3) is 130 Å². The monoisotopic (exact) mass is 794 g/mol. The molecule has 0 spiro atoms. The van der Waals surface area contributed by atoms with Gasteiger partial charge in [0.2, 0.25) is 0 Å². The Hall–Kier alpha value is -8.80. The minimum absolute atomic E-state index is 0.156. The van der Waals surface area contributed by atoms with Gasteiger partial charge in [-0.15, -0.1) is 0 Å². The third-order valence-electron chi connectivity index (χ3n) is 14.2. The summed E-state index contributed by atoms with van der Waals surface area (Å²) in [5.74, 6) is 0. The van der Waals surface area contributed by atoms with Gasteiger partial charge in [-0.3, -0.25) is 0 Å². The van der Waals surface area contributed by atoms with Crippen LogP contribution in [0.15, 0.2) is 146 Å². The van der Waals surface area contributed by atoms with Crippen LogP contribution >= 0.6 is 0 Å². The standard InChI is InChI=1S/C59H30N4/c1-59(2)49-15-8-7-12-40(49)56-41-14-9-13-35-36-18-19-37-42-26-44-45(27-43(42)38-20-21-39(57(36)58(37)38)46(53(35)41)28-50(56)59)55(48-25-32(30-61)17-23-52(48)63-4)34-11-6-5-10-33(34)54(44)47-24-31(29-60)16-22-51(47)62-3/h5-28H,1-2H3. The van der Waals surface area contributed by atoms with Gasteiger partial charge in [0.05, 0.1) is 36.4 Å². The molecule has 63 heavy (non-hydrogen) atoms. The molecule has 0 N–H and O–H groups in total. The van der Waals surface area contributed by atoms with Gasteiger partial charge in [0.25, 0.3) is 0 Å². The fraction of sp³-hybridized carbons (Fsp3) is 0.0508. The molecule has 0 fully saturated rings. The van der Waals surface area contributed by atoms with Gasteiger partial charge in [0, 0.05) is 5.41 Å². The summed E-state index contributed by atoms with van der Waals surface area (Å²) in [6, 6.07) is 55.2. The predicted molar refractivity (Wildman–Crippen MR) is 257 cm³/mol. The molecule has 13 rings (SSSR count). The molecule has 0 heterocycles. The lowest BCUT2D eigenvalue weighted by molar-refractivity contribution is 0.661. The molecule has 4 heteroatoms. The molecule has 0 amide bonds. The second kappa shape index (κ2) is 12.2. The second-order valence-corrected chi connectivity index (χ2v) is 17.5. The highest BCUT2D eigenvalue weighted by molar-refractivity contribution is 6.39. The highest BCUT2D eigenvalue weighted by Crippen LogP contribution is 2.58. The summed E-state index contributed by atoms with van der Waals surface area (Å²) in [7, 11) is 0. The molecule has 0 aromatic heterocycles. The summed E-state index contributed by atoms with van der Waals surface area (Å²) in [6.45, 7) is 21.2. The van der Waals surface area contributed by atoms with Crippen molar-refractivity contribution in [2.24, 2.45) is 0 Å².